The van der Waals surface area contributed by atoms with Gasteiger partial charge in [-0.25, -0.2) is 14.1 Å². The van der Waals surface area contributed by atoms with Gasteiger partial charge in [0.2, 0.25) is 11.8 Å². The Balaban J connectivity index is 2.32. The number of carboxylic acid groups (broad SMARTS) is 1. The van der Waals surface area contributed by atoms with Gasteiger partial charge in [0.15, 0.2) is 0 Å². The first-order valence-corrected chi connectivity index (χ1v) is 5.55. The third kappa shape index (κ3) is 2.67. The van der Waals surface area contributed by atoms with Gasteiger partial charge >= 0.3 is 5.97 Å². The molecular weight excluding hydrogens is 253 g/mol. The molecule has 1 heterocycles. The number of nitrogens with zero attached hydrogens (tertiary/aromatic N) is 1. The summed E-state index contributed by atoms with van der Waals surface area (Å²) in [6, 6.07) is 3.81. The van der Waals surface area contributed by atoms with Crippen LogP contribution in [0.2, 0.25) is 0 Å². The number of hydrogen-bond donors (Lipinski definition) is 1. The van der Waals surface area contributed by atoms with Crippen LogP contribution in [-0.2, 0) is 14.4 Å². The SMILES string of the molecule is O=C(O)C=Cc1ccc(N2C(=O)CCC2=O)c(F)c1. The molecule has 1 fully saturated rings. The monoisotopic (exact) mass is 263 g/mol. The zero-order valence-electron chi connectivity index (χ0n) is 9.80. The first-order valence-electron chi connectivity index (χ1n) is 5.55. The Morgan fingerprint density at radius 1 is 1.26 bits per heavy atom. The molecule has 0 unspecified atom stereocenters. The van der Waals surface area contributed by atoms with Crippen molar-refractivity contribution in [3.8, 4) is 0 Å². The van der Waals surface area contributed by atoms with E-state index < -0.39 is 23.6 Å². The van der Waals surface area contributed by atoms with Crippen molar-refractivity contribution in [3.63, 3.8) is 0 Å². The van der Waals surface area contributed by atoms with E-state index in [0.29, 0.717) is 5.56 Å². The number of carbonyl (C=O) groups is 3. The van der Waals surface area contributed by atoms with E-state index in [-0.39, 0.29) is 18.5 Å². The molecule has 1 saturated heterocycles. The third-order valence-corrected chi connectivity index (χ3v) is 2.68. The Bertz CT molecular complexity index is 578. The lowest BCUT2D eigenvalue weighted by Gasteiger charge is -2.14. The fraction of sp³-hybridized carbons (Fsp3) is 0.154. The van der Waals surface area contributed by atoms with Crippen LogP contribution in [0.3, 0.4) is 0 Å². The Labute approximate surface area is 107 Å². The molecule has 0 aromatic heterocycles. The average Bonchev–Trinajstić information content (AvgIpc) is 2.67. The lowest BCUT2D eigenvalue weighted by Crippen LogP contribution is -2.29. The molecule has 2 amide bonds. The standard InChI is InChI=1S/C13H10FNO4/c14-9-7-8(2-6-13(18)19)1-3-10(9)15-11(16)4-5-12(15)17/h1-3,6-7H,4-5H2,(H,18,19). The van der Waals surface area contributed by atoms with E-state index in [2.05, 4.69) is 0 Å². The molecule has 0 aliphatic carbocycles. The minimum Gasteiger partial charge on any atom is -0.478 e. The maximum Gasteiger partial charge on any atom is 0.328 e. The van der Waals surface area contributed by atoms with Crippen molar-refractivity contribution >= 4 is 29.5 Å². The summed E-state index contributed by atoms with van der Waals surface area (Å²) in [6.45, 7) is 0. The van der Waals surface area contributed by atoms with Crippen LogP contribution in [0.4, 0.5) is 10.1 Å². The van der Waals surface area contributed by atoms with Gasteiger partial charge in [0, 0.05) is 18.9 Å². The van der Waals surface area contributed by atoms with Crippen LogP contribution in [0.5, 0.6) is 0 Å². The lowest BCUT2D eigenvalue weighted by molar-refractivity contribution is -0.131. The highest BCUT2D eigenvalue weighted by atomic mass is 19.1. The van der Waals surface area contributed by atoms with Crippen molar-refractivity contribution in [1.82, 2.24) is 0 Å². The molecule has 0 atom stereocenters. The van der Waals surface area contributed by atoms with Gasteiger partial charge in [-0.2, -0.15) is 0 Å². The third-order valence-electron chi connectivity index (χ3n) is 2.68. The van der Waals surface area contributed by atoms with Crippen molar-refractivity contribution in [3.05, 3.63) is 35.7 Å². The predicted molar refractivity (Wildman–Crippen MR) is 64.8 cm³/mol. The molecule has 19 heavy (non-hydrogen) atoms. The van der Waals surface area contributed by atoms with E-state index in [1.165, 1.54) is 18.2 Å². The molecule has 6 heteroatoms. The van der Waals surface area contributed by atoms with Gasteiger partial charge in [0.25, 0.3) is 0 Å². The molecular formula is C13H10FNO4. The summed E-state index contributed by atoms with van der Waals surface area (Å²) in [5.41, 5.74) is 0.239. The fourth-order valence-corrected chi connectivity index (χ4v) is 1.82. The van der Waals surface area contributed by atoms with Gasteiger partial charge in [0.05, 0.1) is 5.69 Å². The van der Waals surface area contributed by atoms with E-state index in [9.17, 15) is 18.8 Å². The summed E-state index contributed by atoms with van der Waals surface area (Å²) in [6.07, 6.45) is 2.27. The number of carbonyl (C=O) groups excluding carboxylic acids is 2. The first kappa shape index (κ1) is 12.9. The predicted octanol–water partition coefficient (Wildman–Crippen LogP) is 1.58. The second kappa shape index (κ2) is 5.01. The maximum absolute atomic E-state index is 13.8. The number of hydrogen-bond acceptors (Lipinski definition) is 3. The number of imide groups is 1. The van der Waals surface area contributed by atoms with Crippen LogP contribution in [0, 0.1) is 5.82 Å². The van der Waals surface area contributed by atoms with Crippen molar-refractivity contribution in [1.29, 1.82) is 0 Å². The van der Waals surface area contributed by atoms with E-state index in [1.807, 2.05) is 0 Å². The summed E-state index contributed by atoms with van der Waals surface area (Å²) in [5.74, 6) is -2.75. The molecule has 2 rings (SSSR count). The molecule has 1 aliphatic rings. The zero-order valence-corrected chi connectivity index (χ0v) is 9.80. The van der Waals surface area contributed by atoms with Gasteiger partial charge in [-0.3, -0.25) is 9.59 Å². The van der Waals surface area contributed by atoms with Crippen molar-refractivity contribution in [2.75, 3.05) is 4.90 Å². The van der Waals surface area contributed by atoms with Crippen molar-refractivity contribution in [2.24, 2.45) is 0 Å². The summed E-state index contributed by atoms with van der Waals surface area (Å²) in [4.78, 5) is 34.1. The Morgan fingerprint density at radius 2 is 1.89 bits per heavy atom. The zero-order chi connectivity index (χ0) is 14.0. The molecule has 1 aliphatic heterocycles. The quantitative estimate of drug-likeness (QED) is 0.663. The molecule has 0 saturated carbocycles. The summed E-state index contributed by atoms with van der Waals surface area (Å²) >= 11 is 0. The number of amides is 2. The number of benzene rings is 1. The Kier molecular flexibility index (Phi) is 3.41. The van der Waals surface area contributed by atoms with Crippen LogP contribution < -0.4 is 4.90 Å². The summed E-state index contributed by atoms with van der Waals surface area (Å²) in [7, 11) is 0. The van der Waals surface area contributed by atoms with Crippen molar-refractivity contribution in [2.45, 2.75) is 12.8 Å². The highest BCUT2D eigenvalue weighted by Crippen LogP contribution is 2.26. The van der Waals surface area contributed by atoms with Crippen LogP contribution >= 0.6 is 0 Å². The highest BCUT2D eigenvalue weighted by molar-refractivity contribution is 6.19. The van der Waals surface area contributed by atoms with E-state index in [1.54, 1.807) is 0 Å². The number of anilines is 1. The minimum atomic E-state index is -1.14. The van der Waals surface area contributed by atoms with E-state index in [0.717, 1.165) is 17.0 Å². The smallest absolute Gasteiger partial charge is 0.328 e. The van der Waals surface area contributed by atoms with E-state index >= 15 is 0 Å². The minimum absolute atomic E-state index is 0.0823. The molecule has 98 valence electrons. The second-order valence-corrected chi connectivity index (χ2v) is 4.01. The van der Waals surface area contributed by atoms with Gasteiger partial charge in [0.1, 0.15) is 5.82 Å². The van der Waals surface area contributed by atoms with Crippen LogP contribution in [0.15, 0.2) is 24.3 Å². The van der Waals surface area contributed by atoms with E-state index in [4.69, 9.17) is 5.11 Å². The van der Waals surface area contributed by atoms with Crippen LogP contribution in [0.25, 0.3) is 6.08 Å². The Morgan fingerprint density at radius 3 is 2.42 bits per heavy atom. The lowest BCUT2D eigenvalue weighted by atomic mass is 10.1. The largest absolute Gasteiger partial charge is 0.478 e. The number of rotatable bonds is 3. The second-order valence-electron chi connectivity index (χ2n) is 4.01. The average molecular weight is 263 g/mol. The first-order chi connectivity index (χ1) is 8.99. The number of halogens is 1. The molecule has 1 N–H and O–H groups in total. The van der Waals surface area contributed by atoms with Gasteiger partial charge in [-0.1, -0.05) is 6.07 Å². The molecule has 5 nitrogen and oxygen atoms in total. The summed E-state index contributed by atoms with van der Waals surface area (Å²) < 4.78 is 13.8. The van der Waals surface area contributed by atoms with Gasteiger partial charge in [-0.15, -0.1) is 0 Å². The number of carboxylic acids is 1. The summed E-state index contributed by atoms with van der Waals surface area (Å²) in [5, 5.41) is 8.46. The highest BCUT2D eigenvalue weighted by Gasteiger charge is 2.31. The maximum atomic E-state index is 13.8. The number of aliphatic carboxylic acids is 1. The molecule has 1 aromatic carbocycles. The van der Waals surface area contributed by atoms with Crippen LogP contribution in [-0.4, -0.2) is 22.9 Å². The van der Waals surface area contributed by atoms with Crippen molar-refractivity contribution < 1.29 is 23.9 Å². The molecule has 0 spiro atoms. The molecule has 0 radical (unpaired) electrons. The Hall–Kier alpha value is -2.50. The normalized spacial score (nSPS) is 15.5. The molecule has 0 bridgehead atoms. The fourth-order valence-electron chi connectivity index (χ4n) is 1.82. The topological polar surface area (TPSA) is 74.7 Å². The van der Waals surface area contributed by atoms with Gasteiger partial charge < -0.3 is 5.11 Å². The van der Waals surface area contributed by atoms with Gasteiger partial charge in [-0.05, 0) is 23.8 Å². The molecule has 1 aromatic rings. The van der Waals surface area contributed by atoms with Crippen LogP contribution in [0.1, 0.15) is 18.4 Å².